The molecular weight excluding hydrogens is 387 g/mol. The van der Waals surface area contributed by atoms with Crippen LogP contribution in [0, 0.1) is 0 Å². The third-order valence-electron chi connectivity index (χ3n) is 6.55. The van der Waals surface area contributed by atoms with Crippen molar-refractivity contribution in [3.05, 3.63) is 0 Å². The van der Waals surface area contributed by atoms with Crippen molar-refractivity contribution in [3.63, 3.8) is 0 Å². The number of likely N-dealkylation sites (tertiary alicyclic amines) is 1. The lowest BCUT2D eigenvalue weighted by molar-refractivity contribution is -0.140. The summed E-state index contributed by atoms with van der Waals surface area (Å²) in [5.74, 6) is -0.0471. The van der Waals surface area contributed by atoms with E-state index in [-0.39, 0.29) is 31.2 Å². The molecule has 7 nitrogen and oxygen atoms in total. The zero-order valence-electron chi connectivity index (χ0n) is 18.8. The van der Waals surface area contributed by atoms with Crippen LogP contribution in [-0.2, 0) is 9.53 Å². The largest absolute Gasteiger partial charge is 0.395 e. The predicted octanol–water partition coefficient (Wildman–Crippen LogP) is 2.25. The average Bonchev–Trinajstić information content (AvgIpc) is 3.17. The molecule has 0 bridgehead atoms. The molecule has 2 N–H and O–H groups in total. The molecule has 8 heteroatoms. The Morgan fingerprint density at radius 1 is 1.10 bits per heavy atom. The van der Waals surface area contributed by atoms with E-state index in [1.807, 2.05) is 13.8 Å². The number of aliphatic hydroxyl groups excluding tert-OH is 1. The van der Waals surface area contributed by atoms with Gasteiger partial charge in [0.05, 0.1) is 25.4 Å². The molecule has 0 radical (unpaired) electrons. The molecule has 30 heavy (non-hydrogen) atoms. The van der Waals surface area contributed by atoms with Gasteiger partial charge in [0, 0.05) is 25.7 Å². The summed E-state index contributed by atoms with van der Waals surface area (Å²) in [6.07, 6.45) is 8.67. The van der Waals surface area contributed by atoms with Crippen molar-refractivity contribution < 1.29 is 19.0 Å². The Labute approximate surface area is 180 Å². The smallest absolute Gasteiger partial charge is 0.242 e. The number of ether oxygens (including phenoxy) is 1. The van der Waals surface area contributed by atoms with Gasteiger partial charge < -0.3 is 14.7 Å². The summed E-state index contributed by atoms with van der Waals surface area (Å²) in [6.45, 7) is 5.52. The van der Waals surface area contributed by atoms with E-state index >= 15 is 0 Å². The number of hydrogen-bond acceptors (Lipinski definition) is 6. The maximum absolute atomic E-state index is 14.6. The average molecular weight is 429 g/mol. The summed E-state index contributed by atoms with van der Waals surface area (Å²) in [7, 11) is 0. The van der Waals surface area contributed by atoms with Crippen molar-refractivity contribution in [3.8, 4) is 0 Å². The van der Waals surface area contributed by atoms with E-state index in [1.54, 1.807) is 4.90 Å². The highest BCUT2D eigenvalue weighted by molar-refractivity contribution is 5.82. The lowest BCUT2D eigenvalue weighted by atomic mass is 10.0. The highest BCUT2D eigenvalue weighted by atomic mass is 19.1. The lowest BCUT2D eigenvalue weighted by Crippen LogP contribution is -2.55. The zero-order chi connectivity index (χ0) is 21.5. The van der Waals surface area contributed by atoms with Crippen molar-refractivity contribution in [2.24, 2.45) is 0 Å². The van der Waals surface area contributed by atoms with Gasteiger partial charge in [-0.3, -0.25) is 4.79 Å². The second-order valence-electron chi connectivity index (χ2n) is 9.33. The topological polar surface area (TPSA) is 68.3 Å². The third kappa shape index (κ3) is 6.36. The number of alkyl halides is 1. The first kappa shape index (κ1) is 23.9. The van der Waals surface area contributed by atoms with E-state index in [0.717, 1.165) is 12.8 Å². The molecule has 1 unspecified atom stereocenters. The van der Waals surface area contributed by atoms with Crippen molar-refractivity contribution in [1.29, 1.82) is 0 Å². The minimum absolute atomic E-state index is 0.0134. The SMILES string of the molecule is CC(C)O[C@H]1CCN(C(=O)C2CN(CCO)N(C3CCCCCCCC3)N2)C[C@H]1F. The summed E-state index contributed by atoms with van der Waals surface area (Å²) in [5.41, 5.74) is 3.42. The molecule has 3 atom stereocenters. The molecule has 1 saturated carbocycles. The number of halogens is 1. The van der Waals surface area contributed by atoms with E-state index < -0.39 is 12.3 Å². The van der Waals surface area contributed by atoms with Crippen molar-refractivity contribution >= 4 is 5.91 Å². The monoisotopic (exact) mass is 428 g/mol. The van der Waals surface area contributed by atoms with E-state index in [4.69, 9.17) is 4.74 Å². The van der Waals surface area contributed by atoms with Gasteiger partial charge in [0.25, 0.3) is 0 Å². The Bertz CT molecular complexity index is 529. The summed E-state index contributed by atoms with van der Waals surface area (Å²) in [5, 5.41) is 13.7. The molecule has 2 aliphatic heterocycles. The molecule has 3 aliphatic rings. The van der Waals surface area contributed by atoms with Crippen LogP contribution in [0.3, 0.4) is 0 Å². The van der Waals surface area contributed by atoms with Gasteiger partial charge in [0.2, 0.25) is 5.91 Å². The first-order chi connectivity index (χ1) is 14.5. The highest BCUT2D eigenvalue weighted by Gasteiger charge is 2.41. The molecule has 0 spiro atoms. The number of piperidine rings is 1. The Morgan fingerprint density at radius 2 is 1.77 bits per heavy atom. The molecule has 0 aromatic rings. The van der Waals surface area contributed by atoms with Crippen LogP contribution in [-0.4, -0.2) is 89.3 Å². The van der Waals surface area contributed by atoms with Crippen LogP contribution < -0.4 is 5.43 Å². The summed E-state index contributed by atoms with van der Waals surface area (Å²) < 4.78 is 20.3. The lowest BCUT2D eigenvalue weighted by Gasteiger charge is -2.36. The second-order valence-corrected chi connectivity index (χ2v) is 9.33. The molecule has 2 heterocycles. The Kier molecular flexibility index (Phi) is 9.32. The molecule has 0 aromatic carbocycles. The summed E-state index contributed by atoms with van der Waals surface area (Å²) in [6, 6.07) is -0.0505. The highest BCUT2D eigenvalue weighted by Crippen LogP contribution is 2.25. The molecule has 0 aromatic heterocycles. The number of hydrazine groups is 2. The van der Waals surface area contributed by atoms with Gasteiger partial charge in [-0.25, -0.2) is 14.8 Å². The fourth-order valence-electron chi connectivity index (χ4n) is 5.03. The van der Waals surface area contributed by atoms with E-state index in [0.29, 0.717) is 32.1 Å². The summed E-state index contributed by atoms with van der Waals surface area (Å²) in [4.78, 5) is 14.8. The number of nitrogens with zero attached hydrogens (tertiary/aromatic N) is 3. The number of rotatable bonds is 6. The van der Waals surface area contributed by atoms with Gasteiger partial charge in [-0.1, -0.05) is 38.5 Å². The Balaban J connectivity index is 1.60. The quantitative estimate of drug-likeness (QED) is 0.676. The Hall–Kier alpha value is -0.800. The fourth-order valence-corrected chi connectivity index (χ4v) is 5.03. The molecule has 2 saturated heterocycles. The number of carbonyl (C=O) groups excluding carboxylic acids is 1. The number of amides is 1. The number of nitrogens with one attached hydrogen (secondary N) is 1. The molecular formula is C22H41FN4O3. The van der Waals surface area contributed by atoms with Gasteiger partial charge in [-0.05, 0) is 33.1 Å². The number of carbonyl (C=O) groups is 1. The normalized spacial score (nSPS) is 31.0. The van der Waals surface area contributed by atoms with E-state index in [1.165, 1.54) is 38.5 Å². The van der Waals surface area contributed by atoms with Crippen LogP contribution in [0.4, 0.5) is 4.39 Å². The van der Waals surface area contributed by atoms with Crippen LogP contribution in [0.25, 0.3) is 0 Å². The second kappa shape index (κ2) is 11.7. The zero-order valence-corrected chi connectivity index (χ0v) is 18.8. The van der Waals surface area contributed by atoms with E-state index in [2.05, 4.69) is 15.6 Å². The Morgan fingerprint density at radius 3 is 2.37 bits per heavy atom. The van der Waals surface area contributed by atoms with Gasteiger partial charge >= 0.3 is 0 Å². The third-order valence-corrected chi connectivity index (χ3v) is 6.55. The molecule has 1 amide bonds. The van der Waals surface area contributed by atoms with Crippen LogP contribution >= 0.6 is 0 Å². The van der Waals surface area contributed by atoms with Crippen molar-refractivity contribution in [1.82, 2.24) is 20.5 Å². The van der Waals surface area contributed by atoms with Crippen molar-refractivity contribution in [2.75, 3.05) is 32.8 Å². The maximum atomic E-state index is 14.6. The van der Waals surface area contributed by atoms with E-state index in [9.17, 15) is 14.3 Å². The maximum Gasteiger partial charge on any atom is 0.242 e. The molecule has 174 valence electrons. The van der Waals surface area contributed by atoms with Gasteiger partial charge in [-0.2, -0.15) is 5.12 Å². The minimum Gasteiger partial charge on any atom is -0.395 e. The predicted molar refractivity (Wildman–Crippen MR) is 114 cm³/mol. The van der Waals surface area contributed by atoms with Gasteiger partial charge in [0.1, 0.15) is 12.2 Å². The van der Waals surface area contributed by atoms with Crippen molar-refractivity contribution in [2.45, 2.75) is 102 Å². The van der Waals surface area contributed by atoms with Gasteiger partial charge in [0.15, 0.2) is 0 Å². The first-order valence-electron chi connectivity index (χ1n) is 12.0. The molecule has 3 rings (SSSR count). The number of β-amino-alcohol motifs (C(OH)–C–C–N with tert-alkyl or cyclic N) is 1. The van der Waals surface area contributed by atoms with Crippen LogP contribution in [0.1, 0.15) is 71.6 Å². The summed E-state index contributed by atoms with van der Waals surface area (Å²) >= 11 is 0. The molecule has 3 fully saturated rings. The number of hydrogen-bond donors (Lipinski definition) is 2. The van der Waals surface area contributed by atoms with Crippen LogP contribution in [0.2, 0.25) is 0 Å². The van der Waals surface area contributed by atoms with Gasteiger partial charge in [-0.15, -0.1) is 0 Å². The standard InChI is InChI=1S/C22H41FN4O3/c1-17(2)30-21-11-12-25(15-19(21)23)22(29)20-16-26(13-14-28)27(24-20)18-9-7-5-3-4-6-8-10-18/h17-21,24,28H,3-16H2,1-2H3/t19-,20?,21+/m1/s1. The number of aliphatic hydroxyl groups is 1. The fraction of sp³-hybridized carbons (Fsp3) is 0.955. The van der Waals surface area contributed by atoms with Crippen LogP contribution in [0.5, 0.6) is 0 Å². The first-order valence-corrected chi connectivity index (χ1v) is 12.0. The molecule has 1 aliphatic carbocycles. The minimum atomic E-state index is -1.15. The van der Waals surface area contributed by atoms with Crippen LogP contribution in [0.15, 0.2) is 0 Å².